The Bertz CT molecular complexity index is 803. The van der Waals surface area contributed by atoms with Crippen LogP contribution in [0.2, 0.25) is 0 Å². The number of halogens is 2. The van der Waals surface area contributed by atoms with Crippen molar-refractivity contribution in [3.8, 4) is 5.75 Å². The minimum absolute atomic E-state index is 0. The van der Waals surface area contributed by atoms with E-state index in [2.05, 4.69) is 32.7 Å². The molecule has 0 aromatic heterocycles. The van der Waals surface area contributed by atoms with Crippen molar-refractivity contribution in [3.63, 3.8) is 0 Å². The molecule has 0 amide bonds. The molecule has 0 fully saturated rings. The SMILES string of the molecule is CN=C(NCCN(C)Cc1ccc(F)cc1)NCc1ccc(C)cc1OCCOC.I. The van der Waals surface area contributed by atoms with E-state index in [1.807, 2.05) is 32.2 Å². The average molecular weight is 544 g/mol. The Morgan fingerprint density at radius 2 is 1.84 bits per heavy atom. The normalized spacial score (nSPS) is 11.2. The predicted molar refractivity (Wildman–Crippen MR) is 135 cm³/mol. The summed E-state index contributed by atoms with van der Waals surface area (Å²) in [7, 11) is 5.45. The molecule has 0 radical (unpaired) electrons. The van der Waals surface area contributed by atoms with Crippen molar-refractivity contribution in [1.29, 1.82) is 0 Å². The molecule has 2 aromatic carbocycles. The predicted octanol–water partition coefficient (Wildman–Crippen LogP) is 3.57. The molecule has 2 N–H and O–H groups in total. The van der Waals surface area contributed by atoms with Crippen molar-refractivity contribution in [2.75, 3.05) is 47.5 Å². The summed E-state index contributed by atoms with van der Waals surface area (Å²) in [5, 5.41) is 6.66. The lowest BCUT2D eigenvalue weighted by atomic mass is 10.1. The Kier molecular flexibility index (Phi) is 13.1. The van der Waals surface area contributed by atoms with E-state index < -0.39 is 0 Å². The first-order valence-electron chi connectivity index (χ1n) is 10.1. The van der Waals surface area contributed by atoms with Gasteiger partial charge in [-0.25, -0.2) is 4.39 Å². The van der Waals surface area contributed by atoms with Gasteiger partial charge in [0, 0.05) is 45.9 Å². The van der Waals surface area contributed by atoms with Gasteiger partial charge in [0.1, 0.15) is 18.2 Å². The highest BCUT2D eigenvalue weighted by Crippen LogP contribution is 2.20. The summed E-state index contributed by atoms with van der Waals surface area (Å²) in [4.78, 5) is 6.47. The van der Waals surface area contributed by atoms with Gasteiger partial charge in [-0.2, -0.15) is 0 Å². The zero-order valence-electron chi connectivity index (χ0n) is 18.8. The van der Waals surface area contributed by atoms with Crippen LogP contribution >= 0.6 is 24.0 Å². The lowest BCUT2D eigenvalue weighted by Crippen LogP contribution is -2.40. The minimum atomic E-state index is -0.209. The first-order chi connectivity index (χ1) is 14.5. The van der Waals surface area contributed by atoms with Crippen LogP contribution in [-0.4, -0.2) is 58.4 Å². The van der Waals surface area contributed by atoms with Crippen molar-refractivity contribution >= 4 is 29.9 Å². The molecule has 6 nitrogen and oxygen atoms in total. The van der Waals surface area contributed by atoms with Gasteiger partial charge in [-0.1, -0.05) is 24.3 Å². The summed E-state index contributed by atoms with van der Waals surface area (Å²) >= 11 is 0. The highest BCUT2D eigenvalue weighted by Gasteiger charge is 2.07. The third kappa shape index (κ3) is 10.3. The molecule has 0 atom stereocenters. The van der Waals surface area contributed by atoms with Crippen LogP contribution in [0.5, 0.6) is 5.75 Å². The van der Waals surface area contributed by atoms with Crippen molar-refractivity contribution < 1.29 is 13.9 Å². The van der Waals surface area contributed by atoms with Gasteiger partial charge >= 0.3 is 0 Å². The fourth-order valence-corrected chi connectivity index (χ4v) is 2.92. The molecule has 2 rings (SSSR count). The number of aryl methyl sites for hydroxylation is 1. The Labute approximate surface area is 202 Å². The standard InChI is InChI=1S/C23H33FN4O2.HI/c1-18-5-8-20(22(15-18)30-14-13-29-4)16-27-23(25-2)26-11-12-28(3)17-19-6-9-21(24)10-7-19;/h5-10,15H,11-14,16-17H2,1-4H3,(H2,25,26,27);1H. The molecule has 0 aliphatic heterocycles. The fraction of sp³-hybridized carbons (Fsp3) is 0.435. The Hall–Kier alpha value is -1.91. The van der Waals surface area contributed by atoms with Gasteiger partial charge in [0.2, 0.25) is 0 Å². The summed E-state index contributed by atoms with van der Waals surface area (Å²) in [5.74, 6) is 1.38. The second-order valence-corrected chi connectivity index (χ2v) is 7.17. The molecule has 0 saturated heterocycles. The molecule has 0 saturated carbocycles. The van der Waals surface area contributed by atoms with Gasteiger partial charge in [0.05, 0.1) is 6.61 Å². The summed E-state index contributed by atoms with van der Waals surface area (Å²) < 4.78 is 23.9. The summed E-state index contributed by atoms with van der Waals surface area (Å²) in [6.07, 6.45) is 0. The lowest BCUT2D eigenvalue weighted by Gasteiger charge is -2.19. The van der Waals surface area contributed by atoms with E-state index in [0.717, 1.165) is 48.0 Å². The molecule has 31 heavy (non-hydrogen) atoms. The van der Waals surface area contributed by atoms with Gasteiger partial charge < -0.3 is 25.0 Å². The number of hydrogen-bond acceptors (Lipinski definition) is 4. The number of nitrogens with one attached hydrogen (secondary N) is 2. The van der Waals surface area contributed by atoms with E-state index in [4.69, 9.17) is 9.47 Å². The maximum Gasteiger partial charge on any atom is 0.191 e. The van der Waals surface area contributed by atoms with E-state index >= 15 is 0 Å². The van der Waals surface area contributed by atoms with Crippen LogP contribution < -0.4 is 15.4 Å². The zero-order chi connectivity index (χ0) is 21.8. The largest absolute Gasteiger partial charge is 0.491 e. The topological polar surface area (TPSA) is 58.1 Å². The van der Waals surface area contributed by atoms with Gasteiger partial charge in [0.25, 0.3) is 0 Å². The third-order valence-electron chi connectivity index (χ3n) is 4.59. The number of likely N-dealkylation sites (N-methyl/N-ethyl adjacent to an activating group) is 1. The molecule has 2 aromatic rings. The Balaban J connectivity index is 0.00000480. The summed E-state index contributed by atoms with van der Waals surface area (Å²) in [6, 6.07) is 12.8. The maximum atomic E-state index is 13.0. The molecule has 8 heteroatoms. The lowest BCUT2D eigenvalue weighted by molar-refractivity contribution is 0.145. The van der Waals surface area contributed by atoms with Gasteiger partial charge in [-0.3, -0.25) is 4.99 Å². The smallest absolute Gasteiger partial charge is 0.191 e. The number of guanidine groups is 1. The van der Waals surface area contributed by atoms with Crippen LogP contribution in [0.1, 0.15) is 16.7 Å². The van der Waals surface area contributed by atoms with Crippen LogP contribution in [0.3, 0.4) is 0 Å². The highest BCUT2D eigenvalue weighted by molar-refractivity contribution is 14.0. The highest BCUT2D eigenvalue weighted by atomic mass is 127. The zero-order valence-corrected chi connectivity index (χ0v) is 21.1. The van der Waals surface area contributed by atoms with Gasteiger partial charge in [-0.15, -0.1) is 24.0 Å². The van der Waals surface area contributed by atoms with Crippen LogP contribution in [0.15, 0.2) is 47.5 Å². The van der Waals surface area contributed by atoms with Crippen LogP contribution in [0, 0.1) is 12.7 Å². The van der Waals surface area contributed by atoms with E-state index in [-0.39, 0.29) is 29.8 Å². The third-order valence-corrected chi connectivity index (χ3v) is 4.59. The number of aliphatic imine (C=N–C) groups is 1. The number of ether oxygens (including phenoxy) is 2. The minimum Gasteiger partial charge on any atom is -0.491 e. The number of hydrogen-bond donors (Lipinski definition) is 2. The quantitative estimate of drug-likeness (QED) is 0.196. The van der Waals surface area contributed by atoms with E-state index in [1.54, 1.807) is 14.2 Å². The van der Waals surface area contributed by atoms with Gasteiger partial charge in [-0.05, 0) is 43.3 Å². The van der Waals surface area contributed by atoms with Crippen LogP contribution in [0.4, 0.5) is 4.39 Å². The summed E-state index contributed by atoms with van der Waals surface area (Å²) in [6.45, 7) is 6.04. The number of methoxy groups -OCH3 is 1. The van der Waals surface area contributed by atoms with Crippen molar-refractivity contribution in [2.45, 2.75) is 20.0 Å². The van der Waals surface area contributed by atoms with Crippen LogP contribution in [-0.2, 0) is 17.8 Å². The molecule has 0 aliphatic rings. The number of nitrogens with zero attached hydrogens (tertiary/aromatic N) is 2. The number of benzene rings is 2. The van der Waals surface area contributed by atoms with Crippen LogP contribution in [0.25, 0.3) is 0 Å². The number of rotatable bonds is 11. The van der Waals surface area contributed by atoms with Crippen molar-refractivity contribution in [1.82, 2.24) is 15.5 Å². The van der Waals surface area contributed by atoms with E-state index in [1.165, 1.54) is 12.1 Å². The molecule has 0 bridgehead atoms. The molecular formula is C23H34FIN4O2. The maximum absolute atomic E-state index is 13.0. The monoisotopic (exact) mass is 544 g/mol. The van der Waals surface area contributed by atoms with E-state index in [9.17, 15) is 4.39 Å². The fourth-order valence-electron chi connectivity index (χ4n) is 2.92. The van der Waals surface area contributed by atoms with Crippen molar-refractivity contribution in [2.24, 2.45) is 4.99 Å². The average Bonchev–Trinajstić information content (AvgIpc) is 2.73. The molecule has 0 heterocycles. The Morgan fingerprint density at radius 3 is 2.52 bits per heavy atom. The first-order valence-corrected chi connectivity index (χ1v) is 10.1. The molecule has 172 valence electrons. The molecule has 0 unspecified atom stereocenters. The first kappa shape index (κ1) is 27.1. The molecular weight excluding hydrogens is 510 g/mol. The second-order valence-electron chi connectivity index (χ2n) is 7.17. The van der Waals surface area contributed by atoms with E-state index in [0.29, 0.717) is 19.8 Å². The van der Waals surface area contributed by atoms with Gasteiger partial charge in [0.15, 0.2) is 5.96 Å². The summed E-state index contributed by atoms with van der Waals surface area (Å²) in [5.41, 5.74) is 3.30. The Morgan fingerprint density at radius 1 is 1.10 bits per heavy atom. The van der Waals surface area contributed by atoms with Crippen molar-refractivity contribution in [3.05, 3.63) is 65.0 Å². The second kappa shape index (κ2) is 15.0. The molecule has 0 aliphatic carbocycles. The molecule has 0 spiro atoms.